The lowest BCUT2D eigenvalue weighted by Crippen LogP contribution is -2.48. The molecule has 11 heavy (non-hydrogen) atoms. The molecule has 0 saturated carbocycles. The van der Waals surface area contributed by atoms with Gasteiger partial charge in [-0.2, -0.15) is 0 Å². The van der Waals surface area contributed by atoms with E-state index in [0.29, 0.717) is 6.42 Å². The van der Waals surface area contributed by atoms with E-state index in [2.05, 4.69) is 0 Å². The lowest BCUT2D eigenvalue weighted by molar-refractivity contribution is -0.121. The van der Waals surface area contributed by atoms with Gasteiger partial charge in [0.25, 0.3) is 5.92 Å². The molecule has 1 heterocycles. The summed E-state index contributed by atoms with van der Waals surface area (Å²) in [7, 11) is 3.59. The van der Waals surface area contributed by atoms with Crippen LogP contribution in [0.5, 0.6) is 0 Å². The fourth-order valence-electron chi connectivity index (χ4n) is 1.29. The van der Waals surface area contributed by atoms with Gasteiger partial charge in [-0.05, 0) is 6.42 Å². The standard InChI is InChI=1S/C7H14F2N2/c1-10(2)11-5-3-4-7(8,9)6-11/h3-6H2,1-2H3. The van der Waals surface area contributed by atoms with Crippen molar-refractivity contribution in [2.75, 3.05) is 27.2 Å². The topological polar surface area (TPSA) is 6.48 Å². The van der Waals surface area contributed by atoms with Crippen molar-refractivity contribution in [2.24, 2.45) is 0 Å². The van der Waals surface area contributed by atoms with Crippen LogP contribution in [0.4, 0.5) is 8.78 Å². The average Bonchev–Trinajstić information content (AvgIpc) is 1.85. The van der Waals surface area contributed by atoms with Gasteiger partial charge in [0.15, 0.2) is 0 Å². The van der Waals surface area contributed by atoms with Gasteiger partial charge in [0.1, 0.15) is 0 Å². The van der Waals surface area contributed by atoms with Crippen LogP contribution >= 0.6 is 0 Å². The Morgan fingerprint density at radius 3 is 2.36 bits per heavy atom. The summed E-state index contributed by atoms with van der Waals surface area (Å²) in [5.41, 5.74) is 0. The molecule has 0 aromatic heterocycles. The second kappa shape index (κ2) is 3.03. The van der Waals surface area contributed by atoms with Crippen LogP contribution in [-0.2, 0) is 0 Å². The first-order chi connectivity index (χ1) is 5.01. The zero-order valence-corrected chi connectivity index (χ0v) is 6.98. The van der Waals surface area contributed by atoms with Gasteiger partial charge < -0.3 is 0 Å². The van der Waals surface area contributed by atoms with Crippen LogP contribution in [0, 0.1) is 0 Å². The van der Waals surface area contributed by atoms with Crippen molar-refractivity contribution < 1.29 is 8.78 Å². The summed E-state index contributed by atoms with van der Waals surface area (Å²) in [6.45, 7) is 0.628. The first-order valence-electron chi connectivity index (χ1n) is 3.81. The van der Waals surface area contributed by atoms with Crippen LogP contribution in [0.1, 0.15) is 12.8 Å². The minimum absolute atomic E-state index is 0.0390. The molecular formula is C7H14F2N2. The van der Waals surface area contributed by atoms with Crippen LogP contribution in [0.3, 0.4) is 0 Å². The zero-order valence-electron chi connectivity index (χ0n) is 6.98. The molecule has 4 heteroatoms. The Morgan fingerprint density at radius 1 is 1.36 bits per heavy atom. The molecule has 1 aliphatic heterocycles. The second-order valence-corrected chi connectivity index (χ2v) is 3.19. The van der Waals surface area contributed by atoms with Crippen LogP contribution in [0.15, 0.2) is 0 Å². The van der Waals surface area contributed by atoms with Gasteiger partial charge in [-0.25, -0.2) is 18.8 Å². The fraction of sp³-hybridized carbons (Fsp3) is 1.00. The Bertz CT molecular complexity index is 136. The molecule has 0 aliphatic carbocycles. The van der Waals surface area contributed by atoms with Crippen molar-refractivity contribution in [3.05, 3.63) is 0 Å². The Hall–Kier alpha value is -0.220. The first-order valence-corrected chi connectivity index (χ1v) is 3.81. The summed E-state index contributed by atoms with van der Waals surface area (Å²) in [6.07, 6.45) is 0.627. The van der Waals surface area contributed by atoms with E-state index in [1.807, 2.05) is 0 Å². The quantitative estimate of drug-likeness (QED) is 0.574. The highest BCUT2D eigenvalue weighted by Gasteiger charge is 2.35. The van der Waals surface area contributed by atoms with E-state index in [4.69, 9.17) is 0 Å². The maximum absolute atomic E-state index is 12.7. The zero-order chi connectivity index (χ0) is 8.48. The first kappa shape index (κ1) is 8.87. The van der Waals surface area contributed by atoms with E-state index in [0.717, 1.165) is 6.54 Å². The van der Waals surface area contributed by atoms with E-state index >= 15 is 0 Å². The van der Waals surface area contributed by atoms with Crippen LogP contribution in [-0.4, -0.2) is 43.1 Å². The van der Waals surface area contributed by atoms with Crippen LogP contribution in [0.25, 0.3) is 0 Å². The van der Waals surface area contributed by atoms with Gasteiger partial charge in [-0.15, -0.1) is 0 Å². The van der Waals surface area contributed by atoms with Crippen molar-refractivity contribution in [3.63, 3.8) is 0 Å². The minimum atomic E-state index is -2.48. The van der Waals surface area contributed by atoms with Crippen LogP contribution < -0.4 is 0 Å². The normalized spacial score (nSPS) is 25.9. The third-order valence-electron chi connectivity index (χ3n) is 1.94. The van der Waals surface area contributed by atoms with Gasteiger partial charge >= 0.3 is 0 Å². The van der Waals surface area contributed by atoms with E-state index in [1.54, 1.807) is 24.1 Å². The highest BCUT2D eigenvalue weighted by atomic mass is 19.3. The Morgan fingerprint density at radius 2 is 2.00 bits per heavy atom. The number of alkyl halides is 2. The van der Waals surface area contributed by atoms with E-state index < -0.39 is 5.92 Å². The predicted octanol–water partition coefficient (Wildman–Crippen LogP) is 1.19. The number of rotatable bonds is 1. The number of hydrogen-bond acceptors (Lipinski definition) is 2. The van der Waals surface area contributed by atoms with Crippen molar-refractivity contribution in [1.82, 2.24) is 10.0 Å². The summed E-state index contributed by atoms with van der Waals surface area (Å²) in [5, 5.41) is 3.40. The molecule has 1 aliphatic rings. The lowest BCUT2D eigenvalue weighted by Gasteiger charge is -2.36. The Kier molecular flexibility index (Phi) is 2.44. The largest absolute Gasteiger partial charge is 0.262 e. The minimum Gasteiger partial charge on any atom is -0.248 e. The van der Waals surface area contributed by atoms with E-state index in [-0.39, 0.29) is 13.0 Å². The molecule has 0 amide bonds. The highest BCUT2D eigenvalue weighted by molar-refractivity contribution is 4.76. The number of piperidine rings is 1. The number of hydrogen-bond donors (Lipinski definition) is 0. The highest BCUT2D eigenvalue weighted by Crippen LogP contribution is 2.26. The molecule has 0 bridgehead atoms. The summed E-state index contributed by atoms with van der Waals surface area (Å²) in [5.74, 6) is -2.48. The predicted molar refractivity (Wildman–Crippen MR) is 39.4 cm³/mol. The van der Waals surface area contributed by atoms with Crippen molar-refractivity contribution in [3.8, 4) is 0 Å². The summed E-state index contributed by atoms with van der Waals surface area (Å²) >= 11 is 0. The number of nitrogens with zero attached hydrogens (tertiary/aromatic N) is 2. The van der Waals surface area contributed by atoms with Gasteiger partial charge in [-0.1, -0.05) is 0 Å². The van der Waals surface area contributed by atoms with Crippen molar-refractivity contribution >= 4 is 0 Å². The summed E-state index contributed by atoms with van der Waals surface area (Å²) in [6, 6.07) is 0. The smallest absolute Gasteiger partial charge is 0.248 e. The van der Waals surface area contributed by atoms with E-state index in [1.165, 1.54) is 0 Å². The molecule has 0 spiro atoms. The molecule has 0 unspecified atom stereocenters. The van der Waals surface area contributed by atoms with Crippen LogP contribution in [0.2, 0.25) is 0 Å². The molecule has 66 valence electrons. The molecule has 1 fully saturated rings. The molecular weight excluding hydrogens is 150 g/mol. The molecule has 0 aromatic rings. The Balaban J connectivity index is 2.46. The monoisotopic (exact) mass is 164 g/mol. The van der Waals surface area contributed by atoms with Gasteiger partial charge in [0.2, 0.25) is 0 Å². The third-order valence-corrected chi connectivity index (χ3v) is 1.94. The molecule has 2 nitrogen and oxygen atoms in total. The summed E-state index contributed by atoms with van der Waals surface area (Å²) < 4.78 is 25.5. The SMILES string of the molecule is CN(C)N1CCCC(F)(F)C1. The maximum atomic E-state index is 12.7. The summed E-state index contributed by atoms with van der Waals surface area (Å²) in [4.78, 5) is 0. The second-order valence-electron chi connectivity index (χ2n) is 3.19. The third kappa shape index (κ3) is 2.38. The van der Waals surface area contributed by atoms with Gasteiger partial charge in [-0.3, -0.25) is 0 Å². The lowest BCUT2D eigenvalue weighted by atomic mass is 10.1. The van der Waals surface area contributed by atoms with Gasteiger partial charge in [0.05, 0.1) is 6.54 Å². The van der Waals surface area contributed by atoms with Crippen molar-refractivity contribution in [2.45, 2.75) is 18.8 Å². The van der Waals surface area contributed by atoms with Gasteiger partial charge in [0, 0.05) is 27.1 Å². The molecule has 1 saturated heterocycles. The maximum Gasteiger partial charge on any atom is 0.262 e. The number of hydrazine groups is 1. The Labute approximate surface area is 65.7 Å². The molecule has 0 aromatic carbocycles. The molecule has 1 rings (SSSR count). The molecule has 0 atom stereocenters. The van der Waals surface area contributed by atoms with Crippen molar-refractivity contribution in [1.29, 1.82) is 0 Å². The fourth-order valence-corrected chi connectivity index (χ4v) is 1.29. The molecule has 0 N–H and O–H groups in total. The average molecular weight is 164 g/mol. The molecule has 0 radical (unpaired) electrons. The number of halogens is 2. The van der Waals surface area contributed by atoms with E-state index in [9.17, 15) is 8.78 Å².